The van der Waals surface area contributed by atoms with E-state index in [1.807, 2.05) is 0 Å². The molecule has 1 rings (SSSR count). The predicted octanol–water partition coefficient (Wildman–Crippen LogP) is 2.14. The van der Waals surface area contributed by atoms with Crippen LogP contribution in [0.4, 0.5) is 0 Å². The zero-order chi connectivity index (χ0) is 5.33. The summed E-state index contributed by atoms with van der Waals surface area (Å²) in [6.45, 7) is 2.12. The number of hydrogen-bond donors (Lipinski definition) is 1. The van der Waals surface area contributed by atoms with Crippen molar-refractivity contribution in [3.63, 3.8) is 0 Å². The van der Waals surface area contributed by atoms with Crippen molar-refractivity contribution < 1.29 is 4.55 Å². The summed E-state index contributed by atoms with van der Waals surface area (Å²) >= 11 is 1.04. The lowest BCUT2D eigenvalue weighted by atomic mass is 10.3. The van der Waals surface area contributed by atoms with Gasteiger partial charge >= 0.3 is 0 Å². The highest BCUT2D eigenvalue weighted by Gasteiger charge is 2.41. The van der Waals surface area contributed by atoms with E-state index in [-0.39, 0.29) is 0 Å². The van der Waals surface area contributed by atoms with Crippen molar-refractivity contribution in [1.82, 2.24) is 0 Å². The summed E-state index contributed by atoms with van der Waals surface area (Å²) in [4.78, 5) is 0. The molecule has 0 aromatic rings. The lowest BCUT2D eigenvalue weighted by molar-refractivity contribution is 0.639. The lowest BCUT2D eigenvalue weighted by Crippen LogP contribution is -1.96. The molecule has 1 nitrogen and oxygen atoms in total. The molecule has 0 aromatic carbocycles. The van der Waals surface area contributed by atoms with Crippen LogP contribution in [0.1, 0.15) is 26.2 Å². The van der Waals surface area contributed by atoms with Crippen molar-refractivity contribution in [3.8, 4) is 0 Å². The maximum absolute atomic E-state index is 8.57. The maximum Gasteiger partial charge on any atom is 0.0418 e. The Morgan fingerprint density at radius 2 is 2.29 bits per heavy atom. The Bertz CT molecular complexity index is 62.5. The molecule has 0 aliphatic heterocycles. The molecule has 0 saturated heterocycles. The molecule has 0 spiro atoms. The highest BCUT2D eigenvalue weighted by Crippen LogP contribution is 2.49. The van der Waals surface area contributed by atoms with Crippen LogP contribution in [0.15, 0.2) is 0 Å². The van der Waals surface area contributed by atoms with E-state index >= 15 is 0 Å². The van der Waals surface area contributed by atoms with Gasteiger partial charge in [-0.3, -0.25) is 0 Å². The van der Waals surface area contributed by atoms with Crippen LogP contribution in [0.5, 0.6) is 0 Å². The van der Waals surface area contributed by atoms with Crippen LogP contribution in [0.25, 0.3) is 0 Å². The van der Waals surface area contributed by atoms with E-state index in [2.05, 4.69) is 6.92 Å². The van der Waals surface area contributed by atoms with Crippen molar-refractivity contribution in [2.75, 3.05) is 0 Å². The van der Waals surface area contributed by atoms with Gasteiger partial charge in [-0.05, 0) is 31.3 Å². The SMILES string of the molecule is CCC1(SO)CC1. The molecule has 0 radical (unpaired) electrons. The van der Waals surface area contributed by atoms with Gasteiger partial charge in [0.2, 0.25) is 0 Å². The summed E-state index contributed by atoms with van der Waals surface area (Å²) in [6, 6.07) is 0. The molecule has 7 heavy (non-hydrogen) atoms. The topological polar surface area (TPSA) is 20.2 Å². The molecule has 0 heterocycles. The summed E-state index contributed by atoms with van der Waals surface area (Å²) in [6.07, 6.45) is 3.55. The Labute approximate surface area is 48.3 Å². The van der Waals surface area contributed by atoms with Crippen LogP contribution in [-0.4, -0.2) is 9.30 Å². The second-order valence-corrected chi connectivity index (χ2v) is 3.18. The first kappa shape index (κ1) is 5.45. The average molecular weight is 118 g/mol. The van der Waals surface area contributed by atoms with E-state index in [1.165, 1.54) is 12.8 Å². The fourth-order valence-corrected chi connectivity index (χ4v) is 1.06. The summed E-state index contributed by atoms with van der Waals surface area (Å²) < 4.78 is 8.88. The van der Waals surface area contributed by atoms with E-state index in [0.717, 1.165) is 18.5 Å². The monoisotopic (exact) mass is 118 g/mol. The minimum atomic E-state index is 0.306. The van der Waals surface area contributed by atoms with Crippen molar-refractivity contribution in [2.45, 2.75) is 30.9 Å². The molecule has 0 amide bonds. The molecule has 1 aliphatic carbocycles. The third-order valence-electron chi connectivity index (χ3n) is 1.65. The third kappa shape index (κ3) is 0.916. The van der Waals surface area contributed by atoms with Gasteiger partial charge in [0.25, 0.3) is 0 Å². The zero-order valence-electron chi connectivity index (χ0n) is 4.48. The first-order valence-corrected chi connectivity index (χ1v) is 3.43. The van der Waals surface area contributed by atoms with Gasteiger partial charge in [0.1, 0.15) is 0 Å². The van der Waals surface area contributed by atoms with E-state index in [4.69, 9.17) is 4.55 Å². The van der Waals surface area contributed by atoms with Crippen LogP contribution in [0.3, 0.4) is 0 Å². The smallest absolute Gasteiger partial charge is 0.0418 e. The van der Waals surface area contributed by atoms with E-state index < -0.39 is 0 Å². The average Bonchev–Trinajstić information content (AvgIpc) is 2.46. The molecule has 0 bridgehead atoms. The lowest BCUT2D eigenvalue weighted by Gasteiger charge is -2.02. The third-order valence-corrected chi connectivity index (χ3v) is 2.73. The normalized spacial score (nSPS) is 24.9. The molecule has 2 heteroatoms. The Balaban J connectivity index is 2.28. The molecular weight excluding hydrogens is 108 g/mol. The van der Waals surface area contributed by atoms with Crippen LogP contribution in [0, 0.1) is 0 Å². The summed E-state index contributed by atoms with van der Waals surface area (Å²) in [5.41, 5.74) is 0. The molecule has 1 saturated carbocycles. The number of hydrogen-bond acceptors (Lipinski definition) is 2. The molecule has 1 aliphatic rings. The van der Waals surface area contributed by atoms with Crippen molar-refractivity contribution in [3.05, 3.63) is 0 Å². The highest BCUT2D eigenvalue weighted by molar-refractivity contribution is 7.95. The van der Waals surface area contributed by atoms with Gasteiger partial charge in [0.15, 0.2) is 0 Å². The molecule has 1 fully saturated rings. The van der Waals surface area contributed by atoms with E-state index in [0.29, 0.717) is 4.75 Å². The number of rotatable bonds is 2. The van der Waals surface area contributed by atoms with Gasteiger partial charge in [-0.15, -0.1) is 0 Å². The van der Waals surface area contributed by atoms with Crippen molar-refractivity contribution in [2.24, 2.45) is 0 Å². The summed E-state index contributed by atoms with van der Waals surface area (Å²) in [5.74, 6) is 0. The van der Waals surface area contributed by atoms with Crippen molar-refractivity contribution >= 4 is 12.0 Å². The highest BCUT2D eigenvalue weighted by atomic mass is 32.2. The minimum Gasteiger partial charge on any atom is -0.329 e. The molecule has 42 valence electrons. The molecule has 0 unspecified atom stereocenters. The fourth-order valence-electron chi connectivity index (χ4n) is 0.649. The summed E-state index contributed by atoms with van der Waals surface area (Å²) in [5, 5.41) is 0. The minimum absolute atomic E-state index is 0.306. The zero-order valence-corrected chi connectivity index (χ0v) is 5.29. The summed E-state index contributed by atoms with van der Waals surface area (Å²) in [7, 11) is 0. The Hall–Kier alpha value is 0.310. The Morgan fingerprint density at radius 3 is 2.29 bits per heavy atom. The van der Waals surface area contributed by atoms with Crippen LogP contribution < -0.4 is 0 Å². The fraction of sp³-hybridized carbons (Fsp3) is 1.00. The van der Waals surface area contributed by atoms with E-state index in [9.17, 15) is 0 Å². The van der Waals surface area contributed by atoms with Crippen LogP contribution in [-0.2, 0) is 0 Å². The maximum atomic E-state index is 8.57. The second-order valence-electron chi connectivity index (χ2n) is 2.13. The molecule has 0 atom stereocenters. The quantitative estimate of drug-likeness (QED) is 0.560. The standard InChI is InChI=1S/C5H10OS/c1-2-5(7-6)3-4-5/h6H,2-4H2,1H3. The first-order valence-electron chi connectivity index (χ1n) is 2.65. The van der Waals surface area contributed by atoms with Gasteiger partial charge in [0.05, 0.1) is 0 Å². The van der Waals surface area contributed by atoms with Crippen LogP contribution in [0.2, 0.25) is 0 Å². The Morgan fingerprint density at radius 1 is 1.71 bits per heavy atom. The van der Waals surface area contributed by atoms with Gasteiger partial charge in [-0.2, -0.15) is 0 Å². The van der Waals surface area contributed by atoms with Crippen molar-refractivity contribution in [1.29, 1.82) is 0 Å². The van der Waals surface area contributed by atoms with Crippen LogP contribution >= 0.6 is 12.0 Å². The second kappa shape index (κ2) is 1.67. The van der Waals surface area contributed by atoms with Gasteiger partial charge in [0, 0.05) is 4.75 Å². The molecular formula is C5H10OS. The molecule has 0 aromatic heterocycles. The van der Waals surface area contributed by atoms with E-state index in [1.54, 1.807) is 0 Å². The predicted molar refractivity (Wildman–Crippen MR) is 32.5 cm³/mol. The largest absolute Gasteiger partial charge is 0.329 e. The van der Waals surface area contributed by atoms with Gasteiger partial charge < -0.3 is 4.55 Å². The Kier molecular flexibility index (Phi) is 1.30. The van der Waals surface area contributed by atoms with Gasteiger partial charge in [-0.25, -0.2) is 0 Å². The molecule has 1 N–H and O–H groups in total. The first-order chi connectivity index (χ1) is 3.33. The van der Waals surface area contributed by atoms with Gasteiger partial charge in [-0.1, -0.05) is 6.92 Å².